The van der Waals surface area contributed by atoms with Gasteiger partial charge in [0, 0.05) is 10.8 Å². The summed E-state index contributed by atoms with van der Waals surface area (Å²) in [5.41, 5.74) is 1.41. The van der Waals surface area contributed by atoms with Crippen LogP contribution in [0.4, 0.5) is 0 Å². The molecule has 0 N–H and O–H groups in total. The summed E-state index contributed by atoms with van der Waals surface area (Å²) in [7, 11) is 0. The Morgan fingerprint density at radius 2 is 1.11 bits per heavy atom. The molecule has 1 nitrogen and oxygen atoms in total. The van der Waals surface area contributed by atoms with Crippen LogP contribution in [0.5, 0.6) is 0 Å². The lowest BCUT2D eigenvalue weighted by molar-refractivity contribution is 0.669. The highest BCUT2D eigenvalue weighted by Gasteiger charge is 2.17. The van der Waals surface area contributed by atoms with E-state index in [0.717, 1.165) is 11.1 Å². The molecule has 0 amide bonds. The molecule has 0 bridgehead atoms. The highest BCUT2D eigenvalue weighted by molar-refractivity contribution is 6.16. The smallest absolute Gasteiger partial charge is 0.136 e. The number of rotatable bonds is 5. The number of hydrogen-bond acceptors (Lipinski definition) is 1. The van der Waals surface area contributed by atoms with Crippen molar-refractivity contribution in [2.24, 2.45) is 0 Å². The molecule has 9 rings (SSSR count). The van der Waals surface area contributed by atoms with E-state index in [4.69, 9.17) is 16.8 Å². The van der Waals surface area contributed by atoms with Gasteiger partial charge < -0.3 is 4.42 Å². The zero-order valence-electron chi connectivity index (χ0n) is 41.0. The van der Waals surface area contributed by atoms with Crippen LogP contribution >= 0.6 is 0 Å². The van der Waals surface area contributed by atoms with Gasteiger partial charge in [0.05, 0.1) is 23.3 Å². The first kappa shape index (κ1) is 14.5. The zero-order valence-corrected chi connectivity index (χ0v) is 24.0. The van der Waals surface area contributed by atoms with E-state index in [-0.39, 0.29) is 27.5 Å². The van der Waals surface area contributed by atoms with Gasteiger partial charge >= 0.3 is 0 Å². The van der Waals surface area contributed by atoms with Crippen LogP contribution in [0.3, 0.4) is 0 Å². The Morgan fingerprint density at radius 3 is 1.83 bits per heavy atom. The Bertz CT molecular complexity index is 3370. The molecule has 0 radical (unpaired) electrons. The molecule has 1 heteroatoms. The van der Waals surface area contributed by atoms with Crippen molar-refractivity contribution in [3.8, 4) is 33.4 Å². The first-order chi connectivity index (χ1) is 29.9. The maximum atomic E-state index is 9.58. The highest BCUT2D eigenvalue weighted by Crippen LogP contribution is 2.42. The molecule has 0 saturated heterocycles. The van der Waals surface area contributed by atoms with Crippen LogP contribution in [0.2, 0.25) is 0 Å². The van der Waals surface area contributed by atoms with Crippen LogP contribution < -0.4 is 0 Å². The van der Waals surface area contributed by atoms with Crippen LogP contribution in [-0.4, -0.2) is 0 Å². The molecule has 0 spiro atoms. The van der Waals surface area contributed by atoms with Crippen molar-refractivity contribution in [1.29, 1.82) is 0 Å². The minimum Gasteiger partial charge on any atom is -0.456 e. The molecular weight excluding hydrogens is 556 g/mol. The molecular formula is C45H30O. The van der Waals surface area contributed by atoms with Crippen LogP contribution in [0.1, 0.15) is 34.4 Å². The Kier molecular flexibility index (Phi) is 3.43. The molecule has 1 aromatic heterocycles. The zero-order chi connectivity index (χ0) is 45.2. The molecule has 0 fully saturated rings. The average Bonchev–Trinajstić information content (AvgIpc) is 3.67. The Morgan fingerprint density at radius 1 is 0.457 bits per heavy atom. The number of benzene rings is 8. The van der Waals surface area contributed by atoms with E-state index in [0.29, 0.717) is 27.5 Å². The lowest BCUT2D eigenvalue weighted by Gasteiger charge is -2.18. The third-order valence-corrected chi connectivity index (χ3v) is 8.13. The first-order valence-corrected chi connectivity index (χ1v) is 14.5. The Labute approximate surface area is 291 Å². The van der Waals surface area contributed by atoms with E-state index in [1.807, 2.05) is 42.5 Å². The Hall–Kier alpha value is -5.92. The van der Waals surface area contributed by atoms with Gasteiger partial charge in [-0.3, -0.25) is 0 Å². The molecule has 0 saturated carbocycles. The SMILES string of the molecule is [2H]c1c([2H])c([2H])c(Cc2c3c([2H])c([2H])c([2H])c([2H])c3c(-c3c([2H])c([2H])c(-c4cccc5oc6ccc(-c7ccccc7)cc6c45)c([2H])c3[2H])c3c([2H])c([2H])c([2H])c([2H])c23)c([2H])c1[2H]. The molecule has 1 heterocycles. The predicted octanol–water partition coefficient (Wildman–Crippen LogP) is 12.5. The van der Waals surface area contributed by atoms with Crippen LogP contribution in [0.25, 0.3) is 76.9 Å². The molecule has 0 aliphatic carbocycles. The summed E-state index contributed by atoms with van der Waals surface area (Å²) < 4.78 is 158. The van der Waals surface area contributed by atoms with E-state index in [2.05, 4.69) is 0 Å². The van der Waals surface area contributed by atoms with E-state index in [1.165, 1.54) is 0 Å². The standard InChI is InChI=1S/C45H30O/c1-3-12-30(13-4-1)28-40-36-16-7-9-18-38(36)44(39-19-10-8-17-37(39)40)33-24-22-32(23-25-33)35-20-11-21-43-45(35)41-29-34(26-27-42(41)46-43)31-14-5-2-6-15-31/h1-27,29H,28H2/i1D,3D,4D,7D,8D,9D,10D,12D,13D,16D,17D,18D,19D,22D,23D,24D,25D. The van der Waals surface area contributed by atoms with E-state index in [1.54, 1.807) is 24.3 Å². The lowest BCUT2D eigenvalue weighted by Crippen LogP contribution is -1.95. The topological polar surface area (TPSA) is 13.1 Å². The van der Waals surface area contributed by atoms with Crippen molar-refractivity contribution in [3.05, 3.63) is 181 Å². The number of hydrogen-bond donors (Lipinski definition) is 0. The van der Waals surface area contributed by atoms with E-state index in [9.17, 15) is 11.0 Å². The minimum atomic E-state index is -0.775. The van der Waals surface area contributed by atoms with Crippen molar-refractivity contribution in [2.45, 2.75) is 6.42 Å². The van der Waals surface area contributed by atoms with Gasteiger partial charge in [0.25, 0.3) is 0 Å². The summed E-state index contributed by atoms with van der Waals surface area (Å²) in [6, 6.07) is 8.46. The van der Waals surface area contributed by atoms with Gasteiger partial charge in [-0.15, -0.1) is 0 Å². The van der Waals surface area contributed by atoms with Crippen LogP contribution in [0.15, 0.2) is 174 Å². The van der Waals surface area contributed by atoms with Crippen LogP contribution in [0, 0.1) is 0 Å². The second-order valence-corrected chi connectivity index (χ2v) is 10.7. The summed E-state index contributed by atoms with van der Waals surface area (Å²) in [6.45, 7) is 0. The fourth-order valence-corrected chi connectivity index (χ4v) is 6.09. The molecule has 9 aromatic rings. The van der Waals surface area contributed by atoms with Gasteiger partial charge in [-0.05, 0) is 90.7 Å². The third kappa shape index (κ3) is 4.40. The van der Waals surface area contributed by atoms with Gasteiger partial charge in [0.15, 0.2) is 0 Å². The van der Waals surface area contributed by atoms with Gasteiger partial charge in [-0.1, -0.05) is 151 Å². The fraction of sp³-hybridized carbons (Fsp3) is 0.0222. The molecule has 46 heavy (non-hydrogen) atoms. The molecule has 0 aliphatic rings. The summed E-state index contributed by atoms with van der Waals surface area (Å²) >= 11 is 0. The third-order valence-electron chi connectivity index (χ3n) is 8.13. The average molecular weight is 604 g/mol. The maximum absolute atomic E-state index is 9.58. The van der Waals surface area contributed by atoms with Gasteiger partial charge in [-0.25, -0.2) is 0 Å². The molecule has 0 atom stereocenters. The van der Waals surface area contributed by atoms with Crippen molar-refractivity contribution in [3.63, 3.8) is 0 Å². The molecule has 8 aromatic carbocycles. The van der Waals surface area contributed by atoms with E-state index < -0.39 is 131 Å². The monoisotopic (exact) mass is 603 g/mol. The van der Waals surface area contributed by atoms with Crippen LogP contribution in [-0.2, 0) is 6.42 Å². The summed E-state index contributed by atoms with van der Waals surface area (Å²) in [5.74, 6) is 0. The fourth-order valence-electron chi connectivity index (χ4n) is 6.09. The molecule has 0 aliphatic heterocycles. The Balaban J connectivity index is 1.42. The number of fused-ring (bicyclic) bond motifs is 5. The van der Waals surface area contributed by atoms with Crippen molar-refractivity contribution < 1.29 is 27.7 Å². The quantitative estimate of drug-likeness (QED) is 0.178. The van der Waals surface area contributed by atoms with Gasteiger partial charge in [0.1, 0.15) is 11.2 Å². The minimum absolute atomic E-state index is 0.123. The second kappa shape index (κ2) is 10.9. The lowest BCUT2D eigenvalue weighted by atomic mass is 9.86. The summed E-state index contributed by atoms with van der Waals surface area (Å²) in [5, 5.41) is -0.386. The van der Waals surface area contributed by atoms with Crippen molar-refractivity contribution in [2.75, 3.05) is 0 Å². The molecule has 0 unspecified atom stereocenters. The first-order valence-electron chi connectivity index (χ1n) is 23.0. The normalized spacial score (nSPS) is 16.7. The summed E-state index contributed by atoms with van der Waals surface area (Å²) in [6.07, 6.45) is -0.657. The predicted molar refractivity (Wildman–Crippen MR) is 194 cm³/mol. The highest BCUT2D eigenvalue weighted by atomic mass is 16.3. The van der Waals surface area contributed by atoms with Crippen molar-refractivity contribution >= 4 is 43.5 Å². The van der Waals surface area contributed by atoms with Crippen molar-refractivity contribution in [1.82, 2.24) is 0 Å². The van der Waals surface area contributed by atoms with Gasteiger partial charge in [0.2, 0.25) is 0 Å². The largest absolute Gasteiger partial charge is 0.456 e. The number of furan rings is 1. The summed E-state index contributed by atoms with van der Waals surface area (Å²) in [4.78, 5) is 0. The maximum Gasteiger partial charge on any atom is 0.136 e. The van der Waals surface area contributed by atoms with E-state index >= 15 is 0 Å². The molecule has 216 valence electrons. The second-order valence-electron chi connectivity index (χ2n) is 10.7. The van der Waals surface area contributed by atoms with Gasteiger partial charge in [-0.2, -0.15) is 0 Å².